The summed E-state index contributed by atoms with van der Waals surface area (Å²) >= 11 is 9.71. The molecule has 0 saturated heterocycles. The maximum absolute atomic E-state index is 14.6. The minimum absolute atomic E-state index is 0.0285. The van der Waals surface area contributed by atoms with E-state index >= 15 is 0 Å². The Bertz CT molecular complexity index is 1790. The molecule has 4 aromatic rings. The molecule has 2 amide bonds. The SMILES string of the molecule is CCC(C)NC(=O)C(Cc1ccccc1)N(Cc1cccc(Cl)c1)C(=O)CN(c1ccc(C)cc1)S(=O)(=O)c1ccc(OC)c(Br)c1. The number of carbonyl (C=O) groups excluding carboxylic acids is 2. The van der Waals surface area contributed by atoms with E-state index in [1.165, 1.54) is 24.1 Å². The lowest BCUT2D eigenvalue weighted by molar-refractivity contribution is -0.140. The smallest absolute Gasteiger partial charge is 0.264 e. The van der Waals surface area contributed by atoms with Crippen LogP contribution in [0.25, 0.3) is 0 Å². The Morgan fingerprint density at radius 2 is 1.62 bits per heavy atom. The van der Waals surface area contributed by atoms with Crippen LogP contribution in [-0.2, 0) is 32.6 Å². The molecule has 8 nitrogen and oxygen atoms in total. The van der Waals surface area contributed by atoms with E-state index in [9.17, 15) is 18.0 Å². The minimum Gasteiger partial charge on any atom is -0.496 e. The highest BCUT2D eigenvalue weighted by Crippen LogP contribution is 2.31. The van der Waals surface area contributed by atoms with Crippen LogP contribution in [0.15, 0.2) is 106 Å². The van der Waals surface area contributed by atoms with E-state index in [1.54, 1.807) is 48.5 Å². The monoisotopic (exact) mass is 739 g/mol. The van der Waals surface area contributed by atoms with Gasteiger partial charge in [0, 0.05) is 24.0 Å². The van der Waals surface area contributed by atoms with Crippen LogP contribution < -0.4 is 14.4 Å². The Morgan fingerprint density at radius 3 is 2.23 bits per heavy atom. The lowest BCUT2D eigenvalue weighted by Gasteiger charge is -2.34. The molecule has 2 unspecified atom stereocenters. The molecule has 0 radical (unpaired) electrons. The number of methoxy groups -OCH3 is 1. The molecule has 0 fully saturated rings. The number of amides is 2. The second-order valence-electron chi connectivity index (χ2n) is 11.3. The van der Waals surface area contributed by atoms with Crippen molar-refractivity contribution >= 4 is 55.1 Å². The average Bonchev–Trinajstić information content (AvgIpc) is 3.05. The number of nitrogens with zero attached hydrogens (tertiary/aromatic N) is 2. The summed E-state index contributed by atoms with van der Waals surface area (Å²) in [5, 5.41) is 3.52. The van der Waals surface area contributed by atoms with Gasteiger partial charge in [-0.15, -0.1) is 0 Å². The largest absolute Gasteiger partial charge is 0.496 e. The van der Waals surface area contributed by atoms with Crippen molar-refractivity contribution in [1.82, 2.24) is 10.2 Å². The molecule has 4 rings (SSSR count). The number of anilines is 1. The van der Waals surface area contributed by atoms with E-state index in [4.69, 9.17) is 16.3 Å². The van der Waals surface area contributed by atoms with Gasteiger partial charge in [-0.3, -0.25) is 13.9 Å². The van der Waals surface area contributed by atoms with Crippen LogP contribution in [0.3, 0.4) is 0 Å². The molecule has 0 aliphatic carbocycles. The Morgan fingerprint density at radius 1 is 0.936 bits per heavy atom. The first-order valence-corrected chi connectivity index (χ1v) is 17.8. The van der Waals surface area contributed by atoms with E-state index in [2.05, 4.69) is 21.2 Å². The zero-order valence-corrected chi connectivity index (χ0v) is 30.0. The van der Waals surface area contributed by atoms with Gasteiger partial charge in [-0.05, 0) is 89.8 Å². The van der Waals surface area contributed by atoms with Crippen molar-refractivity contribution in [2.45, 2.75) is 57.1 Å². The fourth-order valence-electron chi connectivity index (χ4n) is 5.00. The molecule has 0 spiro atoms. The van der Waals surface area contributed by atoms with Gasteiger partial charge in [0.1, 0.15) is 18.3 Å². The first kappa shape index (κ1) is 36.0. The molecule has 0 aliphatic heterocycles. The predicted molar refractivity (Wildman–Crippen MR) is 190 cm³/mol. The Labute approximate surface area is 290 Å². The average molecular weight is 741 g/mol. The van der Waals surface area contributed by atoms with Gasteiger partial charge in [0.2, 0.25) is 11.8 Å². The number of hydrogen-bond donors (Lipinski definition) is 1. The van der Waals surface area contributed by atoms with Crippen LogP contribution in [0, 0.1) is 6.92 Å². The number of hydrogen-bond acceptors (Lipinski definition) is 5. The van der Waals surface area contributed by atoms with Gasteiger partial charge in [0.05, 0.1) is 22.2 Å². The van der Waals surface area contributed by atoms with E-state index in [0.29, 0.717) is 32.9 Å². The molecule has 47 heavy (non-hydrogen) atoms. The fourth-order valence-corrected chi connectivity index (χ4v) is 7.35. The van der Waals surface area contributed by atoms with Crippen molar-refractivity contribution in [3.8, 4) is 5.75 Å². The maximum atomic E-state index is 14.6. The molecule has 11 heteroatoms. The molecule has 0 saturated carbocycles. The molecular weight excluding hydrogens is 702 g/mol. The van der Waals surface area contributed by atoms with E-state index < -0.39 is 28.5 Å². The lowest BCUT2D eigenvalue weighted by Crippen LogP contribution is -2.54. The summed E-state index contributed by atoms with van der Waals surface area (Å²) in [6, 6.07) is 26.7. The molecule has 2 atom stereocenters. The molecule has 0 aliphatic rings. The van der Waals surface area contributed by atoms with Gasteiger partial charge >= 0.3 is 0 Å². The maximum Gasteiger partial charge on any atom is 0.264 e. The number of sulfonamides is 1. The third kappa shape index (κ3) is 9.37. The molecule has 0 heterocycles. The first-order chi connectivity index (χ1) is 22.4. The van der Waals surface area contributed by atoms with Crippen LogP contribution >= 0.6 is 27.5 Å². The summed E-state index contributed by atoms with van der Waals surface area (Å²) in [4.78, 5) is 30.0. The topological polar surface area (TPSA) is 96.0 Å². The van der Waals surface area contributed by atoms with Gasteiger partial charge in [-0.2, -0.15) is 0 Å². The lowest BCUT2D eigenvalue weighted by atomic mass is 10.0. The van der Waals surface area contributed by atoms with Crippen molar-refractivity contribution in [1.29, 1.82) is 0 Å². The second-order valence-corrected chi connectivity index (χ2v) is 14.5. The summed E-state index contributed by atoms with van der Waals surface area (Å²) in [6.45, 7) is 5.23. The van der Waals surface area contributed by atoms with E-state index in [0.717, 1.165) is 15.4 Å². The highest BCUT2D eigenvalue weighted by Gasteiger charge is 2.35. The molecular formula is C36H39BrClN3O5S. The van der Waals surface area contributed by atoms with E-state index in [-0.39, 0.29) is 29.8 Å². The number of benzene rings is 4. The standard InChI is InChI=1S/C36H39BrClN3O5S/c1-5-26(3)39-36(43)33(21-27-10-7-6-8-11-27)40(23-28-12-9-13-29(38)20-28)35(42)24-41(30-16-14-25(2)15-17-30)47(44,45)31-18-19-34(46-4)32(37)22-31/h6-20,22,26,33H,5,21,23-24H2,1-4H3,(H,39,43). The van der Waals surface area contributed by atoms with Gasteiger partial charge in [0.25, 0.3) is 10.0 Å². The van der Waals surface area contributed by atoms with Gasteiger partial charge in [-0.1, -0.05) is 78.7 Å². The van der Waals surface area contributed by atoms with Crippen molar-refractivity contribution in [3.05, 3.63) is 123 Å². The van der Waals surface area contributed by atoms with Crippen LogP contribution in [0.1, 0.15) is 37.0 Å². The summed E-state index contributed by atoms with van der Waals surface area (Å²) in [6.07, 6.45) is 0.918. The van der Waals surface area contributed by atoms with Crippen molar-refractivity contribution in [2.24, 2.45) is 0 Å². The van der Waals surface area contributed by atoms with Gasteiger partial charge in [0.15, 0.2) is 0 Å². The molecule has 4 aromatic carbocycles. The Kier molecular flexibility index (Phi) is 12.5. The Hall–Kier alpha value is -3.86. The number of halogens is 2. The van der Waals surface area contributed by atoms with E-state index in [1.807, 2.05) is 57.2 Å². The number of rotatable bonds is 14. The third-order valence-corrected chi connectivity index (χ3v) is 10.5. The fraction of sp³-hybridized carbons (Fsp3) is 0.278. The van der Waals surface area contributed by atoms with Crippen molar-refractivity contribution < 1.29 is 22.7 Å². The molecule has 0 bridgehead atoms. The van der Waals surface area contributed by atoms with Gasteiger partial charge < -0.3 is 15.0 Å². The number of ether oxygens (including phenoxy) is 1. The summed E-state index contributed by atoms with van der Waals surface area (Å²) in [7, 11) is -2.78. The molecule has 1 N–H and O–H groups in total. The number of carbonyl (C=O) groups is 2. The van der Waals surface area contributed by atoms with Crippen LogP contribution in [0.4, 0.5) is 5.69 Å². The quantitative estimate of drug-likeness (QED) is 0.148. The van der Waals surface area contributed by atoms with Crippen LogP contribution in [0.5, 0.6) is 5.75 Å². The predicted octanol–water partition coefficient (Wildman–Crippen LogP) is 7.17. The van der Waals surface area contributed by atoms with Crippen molar-refractivity contribution in [3.63, 3.8) is 0 Å². The first-order valence-electron chi connectivity index (χ1n) is 15.2. The number of aryl methyl sites for hydroxylation is 1. The number of nitrogens with one attached hydrogen (secondary N) is 1. The zero-order chi connectivity index (χ0) is 34.1. The van der Waals surface area contributed by atoms with Crippen LogP contribution in [-0.4, -0.2) is 50.9 Å². The highest BCUT2D eigenvalue weighted by molar-refractivity contribution is 9.10. The second kappa shape index (κ2) is 16.3. The normalized spacial score (nSPS) is 12.6. The Balaban J connectivity index is 1.82. The summed E-state index contributed by atoms with van der Waals surface area (Å²) in [5.41, 5.74) is 2.79. The molecule has 0 aromatic heterocycles. The summed E-state index contributed by atoms with van der Waals surface area (Å²) in [5.74, 6) is -0.421. The van der Waals surface area contributed by atoms with Crippen molar-refractivity contribution in [2.75, 3.05) is 18.0 Å². The van der Waals surface area contributed by atoms with Crippen LogP contribution in [0.2, 0.25) is 5.02 Å². The van der Waals surface area contributed by atoms with Gasteiger partial charge in [-0.25, -0.2) is 8.42 Å². The zero-order valence-electron chi connectivity index (χ0n) is 26.8. The minimum atomic E-state index is -4.27. The molecule has 248 valence electrons. The highest BCUT2D eigenvalue weighted by atomic mass is 79.9. The summed E-state index contributed by atoms with van der Waals surface area (Å²) < 4.78 is 35.4. The third-order valence-electron chi connectivity index (χ3n) is 7.83.